The van der Waals surface area contributed by atoms with Crippen LogP contribution in [0.25, 0.3) is 0 Å². The molecule has 2 N–H and O–H groups in total. The van der Waals surface area contributed by atoms with Crippen LogP contribution in [0.2, 0.25) is 5.02 Å². The lowest BCUT2D eigenvalue weighted by Gasteiger charge is -2.09. The minimum absolute atomic E-state index is 0.0779. The van der Waals surface area contributed by atoms with Gasteiger partial charge in [-0.2, -0.15) is 0 Å². The summed E-state index contributed by atoms with van der Waals surface area (Å²) in [5.74, 6) is 0.102. The Morgan fingerprint density at radius 2 is 1.81 bits per heavy atom. The van der Waals surface area contributed by atoms with Gasteiger partial charge in [-0.3, -0.25) is 14.4 Å². The topological polar surface area (TPSA) is 93.7 Å². The number of ether oxygens (including phenoxy) is 2. The summed E-state index contributed by atoms with van der Waals surface area (Å²) in [7, 11) is 0. The van der Waals surface area contributed by atoms with Crippen LogP contribution < -0.4 is 20.1 Å². The normalized spacial score (nSPS) is 10.3. The van der Waals surface area contributed by atoms with Gasteiger partial charge in [0.05, 0.1) is 11.6 Å². The molecule has 0 aromatic heterocycles. The number of rotatable bonds is 11. The lowest BCUT2D eigenvalue weighted by atomic mass is 10.2. The smallest absolute Gasteiger partial charge is 0.308 e. The molecule has 0 aliphatic rings. The standard InChI is InChI=1S/C22H24BrClN2O5/c1-15(27)31-18-6-2-5-16(13-18)22(29)26-11-4-10-25-21(28)7-3-12-30-20-9-8-17(23)14-19(20)24/h2,5-6,8-9,13-14H,3-4,7,10-12H2,1H3,(H,25,28)(H,26,29). The Morgan fingerprint density at radius 1 is 1.03 bits per heavy atom. The Balaban J connectivity index is 1.57. The van der Waals surface area contributed by atoms with Crippen molar-refractivity contribution in [3.05, 3.63) is 57.5 Å². The first kappa shape index (κ1) is 24.7. The van der Waals surface area contributed by atoms with Crippen LogP contribution in [0.15, 0.2) is 46.9 Å². The van der Waals surface area contributed by atoms with Crippen LogP contribution in [0, 0.1) is 0 Å². The van der Waals surface area contributed by atoms with Gasteiger partial charge in [-0.05, 0) is 49.2 Å². The van der Waals surface area contributed by atoms with Crippen molar-refractivity contribution in [2.45, 2.75) is 26.2 Å². The Morgan fingerprint density at radius 3 is 2.55 bits per heavy atom. The van der Waals surface area contributed by atoms with Crippen molar-refractivity contribution in [2.75, 3.05) is 19.7 Å². The third-order valence-corrected chi connectivity index (χ3v) is 4.81. The lowest BCUT2D eigenvalue weighted by molar-refractivity contribution is -0.131. The van der Waals surface area contributed by atoms with E-state index in [1.165, 1.54) is 13.0 Å². The molecule has 0 unspecified atom stereocenters. The summed E-state index contributed by atoms with van der Waals surface area (Å²) < 4.78 is 11.4. The summed E-state index contributed by atoms with van der Waals surface area (Å²) >= 11 is 9.40. The average molecular weight is 512 g/mol. The first-order valence-corrected chi connectivity index (χ1v) is 10.9. The third-order valence-electron chi connectivity index (χ3n) is 4.02. The van der Waals surface area contributed by atoms with Crippen molar-refractivity contribution in [2.24, 2.45) is 0 Å². The number of hydrogen-bond donors (Lipinski definition) is 2. The predicted octanol–water partition coefficient (Wildman–Crippen LogP) is 4.12. The van der Waals surface area contributed by atoms with E-state index < -0.39 is 5.97 Å². The van der Waals surface area contributed by atoms with E-state index in [9.17, 15) is 14.4 Å². The zero-order chi connectivity index (χ0) is 22.6. The van der Waals surface area contributed by atoms with Gasteiger partial charge < -0.3 is 20.1 Å². The van der Waals surface area contributed by atoms with Gasteiger partial charge in [-0.15, -0.1) is 0 Å². The fourth-order valence-corrected chi connectivity index (χ4v) is 3.31. The molecule has 0 fully saturated rings. The summed E-state index contributed by atoms with van der Waals surface area (Å²) in [6, 6.07) is 11.7. The molecule has 2 aromatic carbocycles. The minimum atomic E-state index is -0.447. The van der Waals surface area contributed by atoms with Crippen LogP contribution in [0.5, 0.6) is 11.5 Å². The fourth-order valence-electron chi connectivity index (χ4n) is 2.58. The Labute approximate surface area is 194 Å². The number of benzene rings is 2. The molecule has 0 saturated carbocycles. The molecule has 0 saturated heterocycles. The molecule has 0 atom stereocenters. The molecule has 0 heterocycles. The lowest BCUT2D eigenvalue weighted by Crippen LogP contribution is -2.30. The molecule has 0 aliphatic heterocycles. The maximum absolute atomic E-state index is 12.1. The van der Waals surface area contributed by atoms with Crippen molar-refractivity contribution in [1.29, 1.82) is 0 Å². The maximum Gasteiger partial charge on any atom is 0.308 e. The highest BCUT2D eigenvalue weighted by atomic mass is 79.9. The Kier molecular flexibility index (Phi) is 10.3. The molecule has 166 valence electrons. The zero-order valence-electron chi connectivity index (χ0n) is 17.1. The first-order chi connectivity index (χ1) is 14.8. The fraction of sp³-hybridized carbons (Fsp3) is 0.318. The Bertz CT molecular complexity index is 923. The number of nitrogens with one attached hydrogen (secondary N) is 2. The number of halogens is 2. The summed E-state index contributed by atoms with van der Waals surface area (Å²) in [6.07, 6.45) is 1.49. The molecule has 7 nitrogen and oxygen atoms in total. The second kappa shape index (κ2) is 13.0. The minimum Gasteiger partial charge on any atom is -0.492 e. The largest absolute Gasteiger partial charge is 0.492 e. The van der Waals surface area contributed by atoms with Gasteiger partial charge in [0, 0.05) is 36.5 Å². The maximum atomic E-state index is 12.1. The number of hydrogen-bond acceptors (Lipinski definition) is 5. The number of carbonyl (C=O) groups excluding carboxylic acids is 3. The monoisotopic (exact) mass is 510 g/mol. The van der Waals surface area contributed by atoms with Crippen molar-refractivity contribution >= 4 is 45.3 Å². The molecule has 0 radical (unpaired) electrons. The number of carbonyl (C=O) groups is 3. The molecular weight excluding hydrogens is 488 g/mol. The summed E-state index contributed by atoms with van der Waals surface area (Å²) in [5, 5.41) is 6.09. The molecular formula is C22H24BrClN2O5. The van der Waals surface area contributed by atoms with Gasteiger partial charge >= 0.3 is 5.97 Å². The zero-order valence-corrected chi connectivity index (χ0v) is 19.4. The highest BCUT2D eigenvalue weighted by Gasteiger charge is 2.08. The van der Waals surface area contributed by atoms with E-state index >= 15 is 0 Å². The van der Waals surface area contributed by atoms with Gasteiger partial charge in [0.25, 0.3) is 5.91 Å². The second-order valence-electron chi connectivity index (χ2n) is 6.61. The van der Waals surface area contributed by atoms with Crippen LogP contribution in [0.4, 0.5) is 0 Å². The highest BCUT2D eigenvalue weighted by molar-refractivity contribution is 9.10. The van der Waals surface area contributed by atoms with Crippen molar-refractivity contribution in [1.82, 2.24) is 10.6 Å². The van der Waals surface area contributed by atoms with Crippen molar-refractivity contribution in [3.63, 3.8) is 0 Å². The van der Waals surface area contributed by atoms with E-state index in [1.54, 1.807) is 30.3 Å². The van der Waals surface area contributed by atoms with Gasteiger partial charge in [0.15, 0.2) is 0 Å². The molecule has 0 aliphatic carbocycles. The van der Waals surface area contributed by atoms with E-state index in [-0.39, 0.29) is 11.8 Å². The first-order valence-electron chi connectivity index (χ1n) is 9.76. The molecule has 2 rings (SSSR count). The SMILES string of the molecule is CC(=O)Oc1cccc(C(=O)NCCCNC(=O)CCCOc2ccc(Br)cc2Cl)c1. The van der Waals surface area contributed by atoms with Crippen LogP contribution >= 0.6 is 27.5 Å². The molecule has 31 heavy (non-hydrogen) atoms. The van der Waals surface area contributed by atoms with Crippen LogP contribution in [0.1, 0.15) is 36.5 Å². The summed E-state index contributed by atoms with van der Waals surface area (Å²) in [4.78, 5) is 35.0. The molecule has 2 amide bonds. The summed E-state index contributed by atoms with van der Waals surface area (Å²) in [6.45, 7) is 2.54. The number of amides is 2. The molecule has 0 spiro atoms. The molecule has 9 heteroatoms. The van der Waals surface area contributed by atoms with Gasteiger partial charge in [0.2, 0.25) is 5.91 Å². The molecule has 0 bridgehead atoms. The van der Waals surface area contributed by atoms with Gasteiger partial charge in [-0.25, -0.2) is 0 Å². The average Bonchev–Trinajstić information content (AvgIpc) is 2.71. The van der Waals surface area contributed by atoms with Crippen LogP contribution in [-0.2, 0) is 9.59 Å². The van der Waals surface area contributed by atoms with Crippen molar-refractivity contribution < 1.29 is 23.9 Å². The quantitative estimate of drug-likeness (QED) is 0.269. The van der Waals surface area contributed by atoms with Crippen LogP contribution in [-0.4, -0.2) is 37.5 Å². The van der Waals surface area contributed by atoms with E-state index in [0.29, 0.717) is 61.0 Å². The van der Waals surface area contributed by atoms with Crippen LogP contribution in [0.3, 0.4) is 0 Å². The van der Waals surface area contributed by atoms with E-state index in [4.69, 9.17) is 21.1 Å². The van der Waals surface area contributed by atoms with Gasteiger partial charge in [-0.1, -0.05) is 33.6 Å². The predicted molar refractivity (Wildman–Crippen MR) is 122 cm³/mol. The van der Waals surface area contributed by atoms with E-state index in [0.717, 1.165) is 4.47 Å². The Hall–Kier alpha value is -2.58. The molecule has 2 aromatic rings. The summed E-state index contributed by atoms with van der Waals surface area (Å²) in [5.41, 5.74) is 0.397. The number of esters is 1. The second-order valence-corrected chi connectivity index (χ2v) is 7.93. The highest BCUT2D eigenvalue weighted by Crippen LogP contribution is 2.27. The van der Waals surface area contributed by atoms with Gasteiger partial charge in [0.1, 0.15) is 11.5 Å². The van der Waals surface area contributed by atoms with E-state index in [1.807, 2.05) is 6.07 Å². The van der Waals surface area contributed by atoms with Crippen molar-refractivity contribution in [3.8, 4) is 11.5 Å². The third kappa shape index (κ3) is 9.40. The van der Waals surface area contributed by atoms with E-state index in [2.05, 4.69) is 26.6 Å².